The van der Waals surface area contributed by atoms with E-state index >= 15 is 0 Å². The molecule has 126 valence electrons. The van der Waals surface area contributed by atoms with Crippen LogP contribution in [0, 0.1) is 0 Å². The van der Waals surface area contributed by atoms with E-state index in [0.29, 0.717) is 16.8 Å². The third-order valence-electron chi connectivity index (χ3n) is 4.15. The summed E-state index contributed by atoms with van der Waals surface area (Å²) in [7, 11) is 0. The minimum absolute atomic E-state index is 0.169. The first-order valence-electron chi connectivity index (χ1n) is 7.62. The van der Waals surface area contributed by atoms with E-state index in [4.69, 9.17) is 10.5 Å². The lowest BCUT2D eigenvalue weighted by atomic mass is 10.0. The number of carbonyl (C=O) groups excluding carboxylic acids is 2. The Kier molecular flexibility index (Phi) is 3.34. The number of H-pyrrole nitrogens is 1. The molecule has 0 fully saturated rings. The number of carbonyl (C=O) groups is 2. The van der Waals surface area contributed by atoms with Gasteiger partial charge in [-0.15, -0.1) is 0 Å². The molecule has 0 aliphatic carbocycles. The number of hydrogen-bond donors (Lipinski definition) is 3. The lowest BCUT2D eigenvalue weighted by Crippen LogP contribution is -2.24. The topological polar surface area (TPSA) is 136 Å². The zero-order valence-corrected chi connectivity index (χ0v) is 13.2. The number of anilines is 1. The van der Waals surface area contributed by atoms with Crippen LogP contribution in [-0.2, 0) is 11.3 Å². The number of nitrogens with one attached hydrogen (secondary N) is 2. The number of benzene rings is 1. The van der Waals surface area contributed by atoms with Crippen LogP contribution in [0.5, 0.6) is 5.75 Å². The van der Waals surface area contributed by atoms with E-state index in [2.05, 4.69) is 25.5 Å². The largest absolute Gasteiger partial charge is 0.426 e. The average molecular weight is 338 g/mol. The van der Waals surface area contributed by atoms with Crippen LogP contribution in [0.3, 0.4) is 0 Å². The van der Waals surface area contributed by atoms with Gasteiger partial charge in [-0.05, 0) is 24.6 Å². The number of rotatable bonds is 3. The quantitative estimate of drug-likeness (QED) is 0.476. The molecule has 4 N–H and O–H groups in total. The minimum Gasteiger partial charge on any atom is -0.426 e. The molecule has 25 heavy (non-hydrogen) atoms. The molecular formula is C16H14N6O3. The van der Waals surface area contributed by atoms with Gasteiger partial charge < -0.3 is 15.8 Å². The molecule has 0 radical (unpaired) electrons. The second-order valence-corrected chi connectivity index (χ2v) is 5.75. The lowest BCUT2D eigenvalue weighted by Gasteiger charge is -2.07. The summed E-state index contributed by atoms with van der Waals surface area (Å²) in [6, 6.07) is 5.39. The summed E-state index contributed by atoms with van der Waals surface area (Å²) in [4.78, 5) is 32.0. The van der Waals surface area contributed by atoms with Crippen LogP contribution in [0.4, 0.5) is 5.82 Å². The summed E-state index contributed by atoms with van der Waals surface area (Å²) in [6.45, 7) is 2.07. The zero-order chi connectivity index (χ0) is 17.6. The third kappa shape index (κ3) is 2.45. The Bertz CT molecular complexity index is 1010. The molecule has 1 unspecified atom stereocenters. The Hall–Kier alpha value is -3.49. The van der Waals surface area contributed by atoms with E-state index < -0.39 is 0 Å². The van der Waals surface area contributed by atoms with E-state index in [1.165, 1.54) is 6.33 Å². The van der Waals surface area contributed by atoms with Crippen molar-refractivity contribution in [3.8, 4) is 5.75 Å². The van der Waals surface area contributed by atoms with Gasteiger partial charge in [0, 0.05) is 12.1 Å². The molecule has 0 bridgehead atoms. The fourth-order valence-corrected chi connectivity index (χ4v) is 2.76. The molecule has 3 heterocycles. The van der Waals surface area contributed by atoms with Gasteiger partial charge in [-0.3, -0.25) is 14.7 Å². The predicted octanol–water partition coefficient (Wildman–Crippen LogP) is 0.888. The van der Waals surface area contributed by atoms with Gasteiger partial charge in [0.05, 0.1) is 5.92 Å². The highest BCUT2D eigenvalue weighted by molar-refractivity contribution is 6.04. The predicted molar refractivity (Wildman–Crippen MR) is 87.8 cm³/mol. The van der Waals surface area contributed by atoms with Crippen LogP contribution in [0.15, 0.2) is 24.5 Å². The van der Waals surface area contributed by atoms with Crippen molar-refractivity contribution in [2.24, 2.45) is 0 Å². The maximum absolute atomic E-state index is 12.4. The van der Waals surface area contributed by atoms with Gasteiger partial charge in [-0.25, -0.2) is 9.97 Å². The highest BCUT2D eigenvalue weighted by Crippen LogP contribution is 2.35. The summed E-state index contributed by atoms with van der Waals surface area (Å²) in [5, 5.41) is 9.29. The molecule has 3 aromatic rings. The van der Waals surface area contributed by atoms with Gasteiger partial charge >= 0.3 is 5.97 Å². The molecule has 9 nitrogen and oxygen atoms in total. The number of aromatic nitrogens is 4. The molecule has 2 aromatic heterocycles. The van der Waals surface area contributed by atoms with E-state index in [1.807, 2.05) is 6.07 Å². The van der Waals surface area contributed by atoms with E-state index in [-0.39, 0.29) is 35.9 Å². The molecule has 1 aromatic carbocycles. The average Bonchev–Trinajstić information content (AvgIpc) is 3.13. The van der Waals surface area contributed by atoms with Crippen molar-refractivity contribution in [2.45, 2.75) is 19.4 Å². The van der Waals surface area contributed by atoms with Crippen molar-refractivity contribution in [2.75, 3.05) is 5.73 Å². The van der Waals surface area contributed by atoms with Gasteiger partial charge in [0.2, 0.25) is 0 Å². The van der Waals surface area contributed by atoms with Gasteiger partial charge in [-0.2, -0.15) is 5.10 Å². The van der Waals surface area contributed by atoms with Crippen molar-refractivity contribution >= 4 is 28.7 Å². The molecule has 4 rings (SSSR count). The first-order chi connectivity index (χ1) is 12.0. The van der Waals surface area contributed by atoms with E-state index in [9.17, 15) is 9.59 Å². The fraction of sp³-hybridized carbons (Fsp3) is 0.188. The summed E-state index contributed by atoms with van der Waals surface area (Å²) in [5.41, 5.74) is 8.32. The highest BCUT2D eigenvalue weighted by atomic mass is 16.5. The number of nitrogens with zero attached hydrogens (tertiary/aromatic N) is 3. The van der Waals surface area contributed by atoms with Crippen LogP contribution in [0.1, 0.15) is 34.5 Å². The Balaban J connectivity index is 1.54. The number of nitrogen functional groups attached to an aromatic ring is 1. The summed E-state index contributed by atoms with van der Waals surface area (Å²) >= 11 is 0. The molecule has 9 heteroatoms. The summed E-state index contributed by atoms with van der Waals surface area (Å²) in [6.07, 6.45) is 1.27. The molecule has 1 amide bonds. The minimum atomic E-state index is -0.378. The van der Waals surface area contributed by atoms with Crippen LogP contribution >= 0.6 is 0 Å². The van der Waals surface area contributed by atoms with Crippen LogP contribution in [-0.4, -0.2) is 32.0 Å². The van der Waals surface area contributed by atoms with Crippen LogP contribution in [0.25, 0.3) is 11.0 Å². The normalized spacial score (nSPS) is 15.9. The molecular weight excluding hydrogens is 324 g/mol. The highest BCUT2D eigenvalue weighted by Gasteiger charge is 2.29. The lowest BCUT2D eigenvalue weighted by molar-refractivity contribution is -0.133. The Labute approximate surface area is 141 Å². The Morgan fingerprint density at radius 2 is 2.24 bits per heavy atom. The zero-order valence-electron chi connectivity index (χ0n) is 13.2. The van der Waals surface area contributed by atoms with Gasteiger partial charge in [0.25, 0.3) is 5.91 Å². The van der Waals surface area contributed by atoms with Crippen molar-refractivity contribution in [1.29, 1.82) is 0 Å². The third-order valence-corrected chi connectivity index (χ3v) is 4.15. The smallest absolute Gasteiger partial charge is 0.318 e. The number of aromatic amines is 1. The first kappa shape index (κ1) is 15.1. The number of esters is 1. The molecule has 1 aliphatic heterocycles. The molecule has 1 aliphatic rings. The number of amides is 1. The van der Waals surface area contributed by atoms with E-state index in [1.54, 1.807) is 19.1 Å². The van der Waals surface area contributed by atoms with Crippen molar-refractivity contribution in [1.82, 2.24) is 25.5 Å². The standard InChI is InChI=1S/C16H14N6O3/c1-7-9-4-8(2-3-10(9)25-16(7)24)5-18-15(23)13-11-12(19-6-20-13)14(17)22-21-11/h2-4,6-7H,5H2,1H3,(H,18,23)(H3,17,21,22). The summed E-state index contributed by atoms with van der Waals surface area (Å²) in [5.74, 6) is -0.171. The molecule has 0 saturated heterocycles. The first-order valence-corrected chi connectivity index (χ1v) is 7.62. The number of ether oxygens (including phenoxy) is 1. The Morgan fingerprint density at radius 1 is 1.40 bits per heavy atom. The maximum atomic E-state index is 12.4. The van der Waals surface area contributed by atoms with Crippen LogP contribution < -0.4 is 15.8 Å². The second-order valence-electron chi connectivity index (χ2n) is 5.75. The number of hydrogen-bond acceptors (Lipinski definition) is 7. The van der Waals surface area contributed by atoms with Crippen molar-refractivity contribution < 1.29 is 14.3 Å². The molecule has 1 atom stereocenters. The van der Waals surface area contributed by atoms with Crippen LogP contribution in [0.2, 0.25) is 0 Å². The monoisotopic (exact) mass is 338 g/mol. The van der Waals surface area contributed by atoms with Crippen molar-refractivity contribution in [3.05, 3.63) is 41.3 Å². The molecule has 0 spiro atoms. The SMILES string of the molecule is CC1C(=O)Oc2ccc(CNC(=O)c3ncnc4c(N)n[nH]c34)cc21. The van der Waals surface area contributed by atoms with E-state index in [0.717, 1.165) is 11.1 Å². The summed E-state index contributed by atoms with van der Waals surface area (Å²) < 4.78 is 5.15. The number of nitrogens with two attached hydrogens (primary N) is 1. The van der Waals surface area contributed by atoms with Gasteiger partial charge in [0.15, 0.2) is 11.5 Å². The van der Waals surface area contributed by atoms with Crippen molar-refractivity contribution in [3.63, 3.8) is 0 Å². The number of fused-ring (bicyclic) bond motifs is 2. The Morgan fingerprint density at radius 3 is 3.08 bits per heavy atom. The molecule has 0 saturated carbocycles. The van der Waals surface area contributed by atoms with Gasteiger partial charge in [-0.1, -0.05) is 6.07 Å². The maximum Gasteiger partial charge on any atom is 0.318 e. The fourth-order valence-electron chi connectivity index (χ4n) is 2.76. The van der Waals surface area contributed by atoms with Gasteiger partial charge in [0.1, 0.15) is 23.1 Å². The second kappa shape index (κ2) is 5.55.